The molecule has 0 bridgehead atoms. The highest BCUT2D eigenvalue weighted by atomic mass is 19.1. The van der Waals surface area contributed by atoms with Crippen LogP contribution in [0.4, 0.5) is 4.39 Å². The maximum Gasteiger partial charge on any atom is 0.273 e. The number of ether oxygens (including phenoxy) is 1. The first-order chi connectivity index (χ1) is 10.7. The molecule has 2 heterocycles. The smallest absolute Gasteiger partial charge is 0.273 e. The van der Waals surface area contributed by atoms with E-state index >= 15 is 0 Å². The fourth-order valence-corrected chi connectivity index (χ4v) is 2.39. The van der Waals surface area contributed by atoms with Gasteiger partial charge in [0.15, 0.2) is 5.69 Å². The molecule has 2 aromatic rings. The van der Waals surface area contributed by atoms with Crippen molar-refractivity contribution in [2.75, 3.05) is 6.54 Å². The molecule has 1 aliphatic rings. The standard InChI is InChI=1S/C15H17FN4O2/c1-2-7-17-15(21)14-12-9-22-13(8-20(12)19-18-14)10-3-5-11(16)6-4-10/h3-6,13H,2,7-9H2,1H3,(H,17,21). The number of nitrogens with one attached hydrogen (secondary N) is 1. The van der Waals surface area contributed by atoms with Crippen molar-refractivity contribution in [1.29, 1.82) is 0 Å². The van der Waals surface area contributed by atoms with Crippen LogP contribution in [0, 0.1) is 5.82 Å². The van der Waals surface area contributed by atoms with Crippen molar-refractivity contribution in [2.45, 2.75) is 32.6 Å². The average Bonchev–Trinajstić information content (AvgIpc) is 2.96. The van der Waals surface area contributed by atoms with E-state index in [4.69, 9.17) is 4.74 Å². The summed E-state index contributed by atoms with van der Waals surface area (Å²) < 4.78 is 20.4. The Morgan fingerprint density at radius 2 is 2.23 bits per heavy atom. The highest BCUT2D eigenvalue weighted by Gasteiger charge is 2.27. The lowest BCUT2D eigenvalue weighted by Gasteiger charge is -2.24. The van der Waals surface area contributed by atoms with Crippen LogP contribution in [0.2, 0.25) is 0 Å². The quantitative estimate of drug-likeness (QED) is 0.935. The van der Waals surface area contributed by atoms with Gasteiger partial charge in [-0.25, -0.2) is 9.07 Å². The van der Waals surface area contributed by atoms with Gasteiger partial charge < -0.3 is 10.1 Å². The van der Waals surface area contributed by atoms with Crippen LogP contribution < -0.4 is 5.32 Å². The van der Waals surface area contributed by atoms with E-state index in [2.05, 4.69) is 15.6 Å². The molecule has 1 amide bonds. The van der Waals surface area contributed by atoms with E-state index in [1.54, 1.807) is 16.8 Å². The number of benzene rings is 1. The summed E-state index contributed by atoms with van der Waals surface area (Å²) in [4.78, 5) is 12.0. The van der Waals surface area contributed by atoms with Crippen LogP contribution >= 0.6 is 0 Å². The number of halogens is 1. The molecule has 1 N–H and O–H groups in total. The third kappa shape index (κ3) is 2.85. The molecule has 1 aliphatic heterocycles. The fourth-order valence-electron chi connectivity index (χ4n) is 2.39. The monoisotopic (exact) mass is 304 g/mol. The predicted molar refractivity (Wildman–Crippen MR) is 76.6 cm³/mol. The van der Waals surface area contributed by atoms with Crippen molar-refractivity contribution >= 4 is 5.91 Å². The van der Waals surface area contributed by atoms with Gasteiger partial charge in [0.2, 0.25) is 0 Å². The van der Waals surface area contributed by atoms with E-state index in [0.29, 0.717) is 24.5 Å². The average molecular weight is 304 g/mol. The second-order valence-corrected chi connectivity index (χ2v) is 5.17. The normalized spacial score (nSPS) is 17.1. The Morgan fingerprint density at radius 3 is 2.95 bits per heavy atom. The molecular formula is C15H17FN4O2. The third-order valence-corrected chi connectivity index (χ3v) is 3.59. The van der Waals surface area contributed by atoms with Gasteiger partial charge >= 0.3 is 0 Å². The number of hydrogen-bond donors (Lipinski definition) is 1. The molecule has 0 saturated carbocycles. The van der Waals surface area contributed by atoms with Gasteiger partial charge in [-0.15, -0.1) is 5.10 Å². The van der Waals surface area contributed by atoms with Gasteiger partial charge in [0.05, 0.1) is 18.8 Å². The van der Waals surface area contributed by atoms with Gasteiger partial charge in [-0.3, -0.25) is 4.79 Å². The van der Waals surface area contributed by atoms with E-state index in [-0.39, 0.29) is 24.4 Å². The van der Waals surface area contributed by atoms with Gasteiger partial charge in [0.1, 0.15) is 11.9 Å². The molecule has 116 valence electrons. The summed E-state index contributed by atoms with van der Waals surface area (Å²) >= 11 is 0. The lowest BCUT2D eigenvalue weighted by atomic mass is 10.1. The number of rotatable bonds is 4. The Balaban J connectivity index is 1.76. The molecule has 0 aliphatic carbocycles. The number of amides is 1. The number of hydrogen-bond acceptors (Lipinski definition) is 4. The van der Waals surface area contributed by atoms with Crippen molar-refractivity contribution in [3.63, 3.8) is 0 Å². The molecule has 1 aromatic heterocycles. The van der Waals surface area contributed by atoms with E-state index in [1.165, 1.54) is 12.1 Å². The summed E-state index contributed by atoms with van der Waals surface area (Å²) in [5.41, 5.74) is 1.86. The zero-order valence-corrected chi connectivity index (χ0v) is 12.3. The summed E-state index contributed by atoms with van der Waals surface area (Å²) in [5.74, 6) is -0.511. The third-order valence-electron chi connectivity index (χ3n) is 3.59. The van der Waals surface area contributed by atoms with E-state index in [1.807, 2.05) is 6.92 Å². The molecule has 0 saturated heterocycles. The maximum absolute atomic E-state index is 13.0. The number of nitrogens with zero attached hydrogens (tertiary/aromatic N) is 3. The van der Waals surface area contributed by atoms with E-state index in [0.717, 1.165) is 12.0 Å². The molecule has 1 aromatic carbocycles. The van der Waals surface area contributed by atoms with Crippen LogP contribution in [0.5, 0.6) is 0 Å². The molecule has 0 fully saturated rings. The van der Waals surface area contributed by atoms with Gasteiger partial charge in [-0.1, -0.05) is 24.3 Å². The van der Waals surface area contributed by atoms with E-state index < -0.39 is 0 Å². The molecule has 1 atom stereocenters. The van der Waals surface area contributed by atoms with Crippen LogP contribution in [-0.4, -0.2) is 27.4 Å². The fraction of sp³-hybridized carbons (Fsp3) is 0.400. The Morgan fingerprint density at radius 1 is 1.45 bits per heavy atom. The Labute approximate surface area is 127 Å². The van der Waals surface area contributed by atoms with Crippen LogP contribution in [0.3, 0.4) is 0 Å². The maximum atomic E-state index is 13.0. The first-order valence-electron chi connectivity index (χ1n) is 7.26. The highest BCUT2D eigenvalue weighted by Crippen LogP contribution is 2.26. The lowest BCUT2D eigenvalue weighted by Crippen LogP contribution is -2.28. The van der Waals surface area contributed by atoms with Crippen molar-refractivity contribution in [2.24, 2.45) is 0 Å². The minimum absolute atomic E-state index is 0.221. The zero-order chi connectivity index (χ0) is 15.5. The Bertz CT molecular complexity index is 669. The summed E-state index contributed by atoms with van der Waals surface area (Å²) in [6, 6.07) is 6.19. The highest BCUT2D eigenvalue weighted by molar-refractivity contribution is 5.93. The van der Waals surface area contributed by atoms with Crippen LogP contribution in [0.15, 0.2) is 24.3 Å². The summed E-state index contributed by atoms with van der Waals surface area (Å²) in [6.07, 6.45) is 0.639. The molecule has 3 rings (SSSR count). The predicted octanol–water partition coefficient (Wildman–Crippen LogP) is 1.83. The van der Waals surface area contributed by atoms with Crippen molar-refractivity contribution < 1.29 is 13.9 Å². The van der Waals surface area contributed by atoms with Crippen molar-refractivity contribution in [3.8, 4) is 0 Å². The second kappa shape index (κ2) is 6.23. The first-order valence-corrected chi connectivity index (χ1v) is 7.26. The molecule has 1 unspecified atom stereocenters. The van der Waals surface area contributed by atoms with Crippen LogP contribution in [0.1, 0.15) is 41.2 Å². The molecule has 6 nitrogen and oxygen atoms in total. The number of aromatic nitrogens is 3. The van der Waals surface area contributed by atoms with Gasteiger partial charge in [-0.05, 0) is 24.1 Å². The lowest BCUT2D eigenvalue weighted by molar-refractivity contribution is -0.00180. The number of fused-ring (bicyclic) bond motifs is 1. The number of carbonyl (C=O) groups excluding carboxylic acids is 1. The summed E-state index contributed by atoms with van der Waals surface area (Å²) in [7, 11) is 0. The van der Waals surface area contributed by atoms with Gasteiger partial charge in [0.25, 0.3) is 5.91 Å². The SMILES string of the molecule is CCCNC(=O)c1nnn2c1COC(c1ccc(F)cc1)C2. The minimum atomic E-state index is -0.282. The molecule has 0 radical (unpaired) electrons. The van der Waals surface area contributed by atoms with Gasteiger partial charge in [0, 0.05) is 6.54 Å². The second-order valence-electron chi connectivity index (χ2n) is 5.17. The minimum Gasteiger partial charge on any atom is -0.365 e. The summed E-state index contributed by atoms with van der Waals surface area (Å²) in [6.45, 7) is 3.29. The first kappa shape index (κ1) is 14.6. The van der Waals surface area contributed by atoms with Crippen LogP contribution in [-0.2, 0) is 17.9 Å². The van der Waals surface area contributed by atoms with Crippen molar-refractivity contribution in [3.05, 3.63) is 47.0 Å². The molecule has 7 heteroatoms. The largest absolute Gasteiger partial charge is 0.365 e. The van der Waals surface area contributed by atoms with Crippen molar-refractivity contribution in [1.82, 2.24) is 20.3 Å². The Kier molecular flexibility index (Phi) is 4.15. The molecule has 0 spiro atoms. The number of carbonyl (C=O) groups is 1. The van der Waals surface area contributed by atoms with Crippen LogP contribution in [0.25, 0.3) is 0 Å². The topological polar surface area (TPSA) is 69.0 Å². The zero-order valence-electron chi connectivity index (χ0n) is 12.3. The molecule has 22 heavy (non-hydrogen) atoms. The summed E-state index contributed by atoms with van der Waals surface area (Å²) in [5, 5.41) is 10.8. The van der Waals surface area contributed by atoms with Gasteiger partial charge in [-0.2, -0.15) is 0 Å². The Hall–Kier alpha value is -2.28. The van der Waals surface area contributed by atoms with E-state index in [9.17, 15) is 9.18 Å². The molecular weight excluding hydrogens is 287 g/mol.